The molecule has 0 amide bonds. The Morgan fingerprint density at radius 1 is 1.29 bits per heavy atom. The van der Waals surface area contributed by atoms with Crippen LogP contribution in [0.3, 0.4) is 0 Å². The molecule has 0 atom stereocenters. The second-order valence-electron chi connectivity index (χ2n) is 3.04. The van der Waals surface area contributed by atoms with Crippen molar-refractivity contribution in [3.63, 3.8) is 0 Å². The third-order valence-electron chi connectivity index (χ3n) is 2.04. The van der Waals surface area contributed by atoms with Crippen LogP contribution >= 0.6 is 0 Å². The van der Waals surface area contributed by atoms with Crippen molar-refractivity contribution in [2.45, 2.75) is 6.92 Å². The number of fused-ring (bicyclic) bond motifs is 1. The quantitative estimate of drug-likeness (QED) is 0.422. The molecule has 2 N–H and O–H groups in total. The zero-order valence-electron chi connectivity index (χ0n) is 7.81. The second-order valence-corrected chi connectivity index (χ2v) is 3.04. The van der Waals surface area contributed by atoms with Crippen LogP contribution < -0.4 is 5.84 Å². The van der Waals surface area contributed by atoms with Gasteiger partial charge < -0.3 is 5.84 Å². The molecule has 0 spiro atoms. The molecular formula is C10H10N4. The summed E-state index contributed by atoms with van der Waals surface area (Å²) in [5.41, 5.74) is 1.87. The van der Waals surface area contributed by atoms with E-state index in [1.54, 1.807) is 0 Å². The van der Waals surface area contributed by atoms with Crippen molar-refractivity contribution in [2.75, 3.05) is 0 Å². The fourth-order valence-corrected chi connectivity index (χ4v) is 1.37. The lowest BCUT2D eigenvalue weighted by atomic mass is 10.1. The van der Waals surface area contributed by atoms with Gasteiger partial charge in [0.25, 0.3) is 0 Å². The van der Waals surface area contributed by atoms with Crippen LogP contribution in [0.1, 0.15) is 5.56 Å². The summed E-state index contributed by atoms with van der Waals surface area (Å²) < 4.78 is 0. The molecule has 0 saturated carbocycles. The summed E-state index contributed by atoms with van der Waals surface area (Å²) in [6.07, 6.45) is 0. The van der Waals surface area contributed by atoms with E-state index in [1.165, 1.54) is 0 Å². The molecule has 70 valence electrons. The molecule has 0 saturated heterocycles. The summed E-state index contributed by atoms with van der Waals surface area (Å²) in [5.74, 6) is 5.57. The van der Waals surface area contributed by atoms with Crippen molar-refractivity contribution in [1.29, 1.82) is 0 Å². The number of pyridine rings is 1. The first kappa shape index (κ1) is 8.62. The lowest BCUT2D eigenvalue weighted by Gasteiger charge is -2.00. The summed E-state index contributed by atoms with van der Waals surface area (Å²) >= 11 is 0. The highest BCUT2D eigenvalue weighted by atomic mass is 15.3. The molecule has 4 heteroatoms. The lowest BCUT2D eigenvalue weighted by molar-refractivity contribution is 1.03. The second kappa shape index (κ2) is 3.41. The number of hydrogen-bond acceptors (Lipinski definition) is 3. The van der Waals surface area contributed by atoms with Crippen LogP contribution in [0.15, 0.2) is 40.7 Å². The molecule has 0 aliphatic heterocycles. The number of rotatable bonds is 1. The minimum atomic E-state index is 0.575. The molecule has 1 aromatic carbocycles. The summed E-state index contributed by atoms with van der Waals surface area (Å²) in [7, 11) is 0. The number of nitrogens with two attached hydrogens (primary N) is 1. The molecule has 0 radical (unpaired) electrons. The fraction of sp³-hybridized carbons (Fsp3) is 0.100. The first-order valence-corrected chi connectivity index (χ1v) is 4.28. The average Bonchev–Trinajstić information content (AvgIpc) is 2.19. The highest BCUT2D eigenvalue weighted by Gasteiger charge is 2.01. The number of aromatic nitrogens is 1. The van der Waals surface area contributed by atoms with Gasteiger partial charge in [0.2, 0.25) is 0 Å². The summed E-state index contributed by atoms with van der Waals surface area (Å²) in [6.45, 7) is 1.93. The van der Waals surface area contributed by atoms with E-state index < -0.39 is 0 Å². The predicted octanol–water partition coefficient (Wildman–Crippen LogP) is 2.50. The maximum atomic E-state index is 4.99. The molecule has 0 aliphatic carbocycles. The van der Waals surface area contributed by atoms with Crippen LogP contribution in [0.4, 0.5) is 5.82 Å². The van der Waals surface area contributed by atoms with E-state index >= 15 is 0 Å². The molecule has 4 nitrogen and oxygen atoms in total. The van der Waals surface area contributed by atoms with Gasteiger partial charge in [-0.3, -0.25) is 0 Å². The maximum Gasteiger partial charge on any atom is 0.179 e. The van der Waals surface area contributed by atoms with Crippen molar-refractivity contribution in [1.82, 2.24) is 4.98 Å². The Morgan fingerprint density at radius 3 is 2.86 bits per heavy atom. The number of benzene rings is 1. The van der Waals surface area contributed by atoms with Crippen LogP contribution in [0, 0.1) is 6.92 Å². The first-order chi connectivity index (χ1) is 6.81. The minimum absolute atomic E-state index is 0.575. The van der Waals surface area contributed by atoms with E-state index in [4.69, 9.17) is 5.84 Å². The Balaban J connectivity index is 2.70. The first-order valence-electron chi connectivity index (χ1n) is 4.28. The zero-order chi connectivity index (χ0) is 9.97. The molecule has 2 rings (SSSR count). The Bertz CT molecular complexity index is 490. The van der Waals surface area contributed by atoms with Gasteiger partial charge in [0, 0.05) is 5.39 Å². The third kappa shape index (κ3) is 1.42. The van der Waals surface area contributed by atoms with E-state index in [-0.39, 0.29) is 0 Å². The predicted molar refractivity (Wildman–Crippen MR) is 55.2 cm³/mol. The van der Waals surface area contributed by atoms with Crippen LogP contribution in [-0.2, 0) is 0 Å². The van der Waals surface area contributed by atoms with Crippen molar-refractivity contribution in [3.8, 4) is 0 Å². The van der Waals surface area contributed by atoms with Crippen molar-refractivity contribution in [3.05, 3.63) is 35.9 Å². The Kier molecular flexibility index (Phi) is 2.10. The van der Waals surface area contributed by atoms with Crippen molar-refractivity contribution >= 4 is 16.7 Å². The van der Waals surface area contributed by atoms with Gasteiger partial charge in [-0.2, -0.15) is 0 Å². The molecule has 14 heavy (non-hydrogen) atoms. The number of para-hydroxylation sites is 1. The van der Waals surface area contributed by atoms with Crippen molar-refractivity contribution < 1.29 is 0 Å². The molecule has 0 bridgehead atoms. The van der Waals surface area contributed by atoms with Crippen LogP contribution in [-0.4, -0.2) is 4.98 Å². The summed E-state index contributed by atoms with van der Waals surface area (Å²) in [6, 6.07) is 9.89. The largest absolute Gasteiger partial charge is 0.305 e. The molecule has 2 aromatic rings. The smallest absolute Gasteiger partial charge is 0.179 e. The number of nitrogens with zero attached hydrogens (tertiary/aromatic N) is 3. The van der Waals surface area contributed by atoms with E-state index in [0.29, 0.717) is 5.82 Å². The fourth-order valence-electron chi connectivity index (χ4n) is 1.37. The lowest BCUT2D eigenvalue weighted by Crippen LogP contribution is -1.84. The van der Waals surface area contributed by atoms with Gasteiger partial charge >= 0.3 is 0 Å². The van der Waals surface area contributed by atoms with Crippen LogP contribution in [0.2, 0.25) is 0 Å². The van der Waals surface area contributed by atoms with Gasteiger partial charge in [-0.15, -0.1) is 5.11 Å². The van der Waals surface area contributed by atoms with Gasteiger partial charge in [-0.25, -0.2) is 4.98 Å². The molecule has 0 fully saturated rings. The maximum absolute atomic E-state index is 4.99. The highest BCUT2D eigenvalue weighted by molar-refractivity contribution is 5.80. The molecular weight excluding hydrogens is 176 g/mol. The summed E-state index contributed by atoms with van der Waals surface area (Å²) in [4.78, 5) is 4.32. The Hall–Kier alpha value is -1.97. The van der Waals surface area contributed by atoms with Gasteiger partial charge in [0.1, 0.15) is 0 Å². The van der Waals surface area contributed by atoms with Gasteiger partial charge in [0.15, 0.2) is 5.82 Å². The van der Waals surface area contributed by atoms with Crippen LogP contribution in [0.5, 0.6) is 0 Å². The van der Waals surface area contributed by atoms with E-state index in [9.17, 15) is 0 Å². The zero-order valence-corrected chi connectivity index (χ0v) is 7.81. The van der Waals surface area contributed by atoms with E-state index in [1.807, 2.05) is 37.3 Å². The normalized spacial score (nSPS) is 11.2. The van der Waals surface area contributed by atoms with Crippen molar-refractivity contribution in [2.24, 2.45) is 16.2 Å². The number of hydrogen-bond donors (Lipinski definition) is 1. The topological polar surface area (TPSA) is 63.6 Å². The minimum Gasteiger partial charge on any atom is -0.305 e. The highest BCUT2D eigenvalue weighted by Crippen LogP contribution is 2.21. The SMILES string of the molecule is Cc1cc2ccccc2nc1N=NN. The molecule has 1 aromatic heterocycles. The molecule has 1 heterocycles. The molecule has 0 aliphatic rings. The van der Waals surface area contributed by atoms with Gasteiger partial charge in [0.05, 0.1) is 5.52 Å². The standard InChI is InChI=1S/C10H10N4/c1-7-6-8-4-2-3-5-9(8)12-10(7)13-14-11/h2-6H,1H3,(H2,11,12,13). The Morgan fingerprint density at radius 2 is 2.07 bits per heavy atom. The third-order valence-corrected chi connectivity index (χ3v) is 2.04. The van der Waals surface area contributed by atoms with E-state index in [2.05, 4.69) is 15.3 Å². The van der Waals surface area contributed by atoms with Gasteiger partial charge in [-0.05, 0) is 24.6 Å². The average molecular weight is 186 g/mol. The summed E-state index contributed by atoms with van der Waals surface area (Å²) in [5, 5.41) is 8.08. The molecule has 0 unspecified atom stereocenters. The monoisotopic (exact) mass is 186 g/mol. The van der Waals surface area contributed by atoms with Crippen LogP contribution in [0.25, 0.3) is 10.9 Å². The number of aryl methyl sites for hydroxylation is 1. The van der Waals surface area contributed by atoms with Gasteiger partial charge in [-0.1, -0.05) is 23.4 Å². The van der Waals surface area contributed by atoms with E-state index in [0.717, 1.165) is 16.5 Å². The Labute approximate surface area is 81.5 Å².